The molecule has 19 atom stereocenters. The van der Waals surface area contributed by atoms with Gasteiger partial charge in [-0.1, -0.05) is 83.1 Å². The van der Waals surface area contributed by atoms with E-state index in [-0.39, 0.29) is 70.4 Å². The SMILES string of the molecule is Cc1cn([C@@H]2O[C@@]3(CC(C)(C)C)COC2[C@H]3OC(C)(C)C)c(=O)[nH]c1=O.Cc1cn([C@@H]2O[C@@]3(CC(C)(C)C)COC2[C@H]3OP(=O)(O)OC(C)(C)C)c(=O)nc1N.Cc1cn([C@@H]2O[C@@]3(CC(C)(C)C)COC2[C@H]3OP(=O)(O)OC(C)C)c(=O)[nH]c1=O.Cc1cn([C@@H]2O[C@@]3(CC(C)(C)C)COC2[C@H]3OP(O)(=S)OC(C)(C)C)c(=O)nc1N. The molecule has 0 spiro atoms. The van der Waals surface area contributed by atoms with Crippen molar-refractivity contribution in [3.63, 3.8) is 0 Å². The summed E-state index contributed by atoms with van der Waals surface area (Å²) in [5.41, 5.74) is 4.25. The monoisotopic (exact) mass is 1700 g/mol. The van der Waals surface area contributed by atoms with Crippen molar-refractivity contribution in [1.82, 2.24) is 38.2 Å². The van der Waals surface area contributed by atoms with Crippen LogP contribution in [0.25, 0.3) is 0 Å². The van der Waals surface area contributed by atoms with Crippen LogP contribution in [0.3, 0.4) is 0 Å². The topological polar surface area (TPSA) is 465 Å². The van der Waals surface area contributed by atoms with Crippen LogP contribution in [-0.2, 0) is 90.7 Å². The summed E-state index contributed by atoms with van der Waals surface area (Å²) in [4.78, 5) is 117. The Morgan fingerprint density at radius 2 is 0.748 bits per heavy atom. The number of ether oxygens (including phenoxy) is 9. The van der Waals surface area contributed by atoms with E-state index in [9.17, 15) is 52.6 Å². The first-order valence-corrected chi connectivity index (χ1v) is 44.0. The molecule has 12 heterocycles. The number of phosphoric acid groups is 2. The summed E-state index contributed by atoms with van der Waals surface area (Å²) in [7, 11) is -8.83. The maximum Gasteiger partial charge on any atom is 0.473 e. The van der Waals surface area contributed by atoms with E-state index >= 15 is 0 Å². The van der Waals surface area contributed by atoms with E-state index in [1.165, 1.54) is 30.7 Å². The number of phosphoric ester groups is 2. The van der Waals surface area contributed by atoms with Crippen LogP contribution in [0.2, 0.25) is 0 Å². The maximum absolute atomic E-state index is 12.7. The largest absolute Gasteiger partial charge is 0.473 e. The Morgan fingerprint density at radius 3 is 1.05 bits per heavy atom. The Balaban J connectivity index is 0.000000176. The summed E-state index contributed by atoms with van der Waals surface area (Å²) in [6.07, 6.45) is -0.921. The summed E-state index contributed by atoms with van der Waals surface area (Å²) < 4.78 is 119. The number of fused-ring (bicyclic) bond motifs is 8. The molecule has 8 fully saturated rings. The molecule has 0 radical (unpaired) electrons. The van der Waals surface area contributed by atoms with Gasteiger partial charge in [0.1, 0.15) is 82.9 Å². The normalized spacial score (nSPS) is 31.3. The van der Waals surface area contributed by atoms with Crippen LogP contribution in [0.4, 0.5) is 11.6 Å². The van der Waals surface area contributed by atoms with Crippen LogP contribution in [0.1, 0.15) is 232 Å². The molecule has 8 aliphatic heterocycles. The molecule has 650 valence electrons. The van der Waals surface area contributed by atoms with Crippen molar-refractivity contribution in [2.24, 2.45) is 21.7 Å². The van der Waals surface area contributed by atoms with Crippen LogP contribution < -0.4 is 45.3 Å². The highest BCUT2D eigenvalue weighted by atomic mass is 32.5. The average molecular weight is 1710 g/mol. The number of aromatic nitrogens is 8. The number of hydrogen-bond donors (Lipinski definition) is 7. The molecule has 0 aliphatic carbocycles. The first-order chi connectivity index (χ1) is 52.1. The third kappa shape index (κ3) is 22.5. The number of nitrogens with one attached hydrogen (secondary N) is 2. The summed E-state index contributed by atoms with van der Waals surface area (Å²) in [6.45, 7) is 48.5. The molecule has 115 heavy (non-hydrogen) atoms. The van der Waals surface area contributed by atoms with Gasteiger partial charge in [-0.2, -0.15) is 9.97 Å². The van der Waals surface area contributed by atoms with Gasteiger partial charge >= 0.3 is 45.1 Å². The molecule has 7 unspecified atom stereocenters. The van der Waals surface area contributed by atoms with E-state index in [2.05, 4.69) is 61.5 Å². The lowest BCUT2D eigenvalue weighted by atomic mass is 9.80. The number of aromatic amines is 2. The van der Waals surface area contributed by atoms with Gasteiger partial charge in [-0.05, 0) is 163 Å². The van der Waals surface area contributed by atoms with Gasteiger partial charge in [0.05, 0.1) is 49.3 Å². The van der Waals surface area contributed by atoms with Crippen LogP contribution >= 0.6 is 22.4 Å². The van der Waals surface area contributed by atoms with Crippen molar-refractivity contribution >= 4 is 45.8 Å². The number of hydrogen-bond acceptors (Lipinski definition) is 28. The second-order valence-corrected chi connectivity index (χ2v) is 44.9. The minimum atomic E-state index is -4.44. The molecule has 8 bridgehead atoms. The minimum absolute atomic E-state index is 0.00147. The molecular weight excluding hydrogens is 1580 g/mol. The number of H-pyrrole nitrogens is 2. The zero-order valence-electron chi connectivity index (χ0n) is 71.3. The fourth-order valence-corrected chi connectivity index (χ4v) is 21.0. The van der Waals surface area contributed by atoms with E-state index in [1.807, 2.05) is 62.3 Å². The Kier molecular flexibility index (Phi) is 26.8. The first-order valence-electron chi connectivity index (χ1n) is 38.4. The lowest BCUT2D eigenvalue weighted by molar-refractivity contribution is -0.189. The standard InChI is InChI=1S/C19H32N3O7P.C19H32N3O6PS.C19H30N2O5.C18H29N2O8P/c1-11-8-22(16(23)21-14(11)20)15-12-13(28-30(24,25)29-18(5,6)7)19(27-15,10-26-12)9-17(2,3)4;1-11-8-22(16(23)21-14(11)20)15-12-13(27-29(24,30)28-18(5,6)7)19(26-15,10-25-12)9-17(2,3)4;1-11-8-21(16(23)20-14(11)22)15-12-13(25-18(5,6)7)19(26-15,10-24-12)9-17(2,3)4;1-10(2)27-29(23,24)28-13-12-15(20-7-11(3)14(21)19-16(20)22)26-18(13,9-25-12)8-17(4,5)6/h8,12-13,15H,9-10H2,1-7H3,(H,24,25)(H2,20,21,23);8,12-13,15H,9-10H2,1-7H3,(H,24,30)(H2,20,21,23);8,12-13,15H,9-10H2,1-7H3,(H,20,22,23);7,10,12-13,15H,8-9H2,1-6H3,(H,23,24)(H,19,21,22)/t12?,13-,15-,19+;12?,13-,15-,19+,29?;12?,13-,15-,19+;12?,13-,15-,18+/m1111/s1. The lowest BCUT2D eigenvalue weighted by Crippen LogP contribution is -2.47. The maximum atomic E-state index is 12.7. The molecule has 8 aliphatic rings. The van der Waals surface area contributed by atoms with Crippen LogP contribution in [0.15, 0.2) is 53.6 Å². The van der Waals surface area contributed by atoms with E-state index in [4.69, 9.17) is 93.0 Å². The molecule has 12 rings (SSSR count). The van der Waals surface area contributed by atoms with E-state index in [0.717, 1.165) is 6.42 Å². The van der Waals surface area contributed by atoms with Crippen molar-refractivity contribution in [3.8, 4) is 0 Å². The predicted molar refractivity (Wildman–Crippen MR) is 427 cm³/mol. The zero-order chi connectivity index (χ0) is 86.7. The lowest BCUT2D eigenvalue weighted by Gasteiger charge is -2.38. The second kappa shape index (κ2) is 32.8. The van der Waals surface area contributed by atoms with Crippen molar-refractivity contribution in [2.45, 2.75) is 332 Å². The van der Waals surface area contributed by atoms with E-state index in [1.54, 1.807) is 95.5 Å². The van der Waals surface area contributed by atoms with Gasteiger partial charge in [0, 0.05) is 47.0 Å². The number of nitrogen functional groups attached to an aromatic ring is 2. The van der Waals surface area contributed by atoms with E-state index in [0.29, 0.717) is 48.1 Å². The molecule has 0 aromatic carbocycles. The Morgan fingerprint density at radius 1 is 0.461 bits per heavy atom. The number of aryl methyl sites for hydroxylation is 4. The Hall–Kier alpha value is -4.89. The van der Waals surface area contributed by atoms with Gasteiger partial charge in [-0.15, -0.1) is 0 Å². The predicted octanol–water partition coefficient (Wildman–Crippen LogP) is 9.18. The number of nitrogens with two attached hydrogens (primary N) is 2. The van der Waals surface area contributed by atoms with Gasteiger partial charge in [-0.3, -0.25) is 60.4 Å². The Bertz CT molecular complexity index is 4600. The fraction of sp³-hybridized carbons (Fsp3) is 0.787. The first kappa shape index (κ1) is 94.0. The molecule has 8 saturated heterocycles. The molecule has 4 aromatic rings. The van der Waals surface area contributed by atoms with Crippen molar-refractivity contribution in [2.75, 3.05) is 37.9 Å². The molecule has 0 saturated carbocycles. The smallest absolute Gasteiger partial charge is 0.383 e. The second-order valence-electron chi connectivity index (χ2n) is 39.5. The summed E-state index contributed by atoms with van der Waals surface area (Å²) in [5, 5.41) is 0. The Labute approximate surface area is 675 Å². The minimum Gasteiger partial charge on any atom is -0.383 e. The van der Waals surface area contributed by atoms with Gasteiger partial charge in [0.15, 0.2) is 24.9 Å². The van der Waals surface area contributed by atoms with Gasteiger partial charge in [0.25, 0.3) is 11.1 Å². The van der Waals surface area contributed by atoms with E-state index < -0.39 is 158 Å². The third-order valence-electron chi connectivity index (χ3n) is 19.3. The third-order valence-corrected chi connectivity index (χ3v) is 23.5. The molecule has 9 N–H and O–H groups in total. The highest BCUT2D eigenvalue weighted by Gasteiger charge is 2.69. The quantitative estimate of drug-likeness (QED) is 0.0430. The molecule has 40 heteroatoms. The molecule has 4 aromatic heterocycles. The number of anilines is 2. The van der Waals surface area contributed by atoms with Gasteiger partial charge < -0.3 is 73.3 Å². The van der Waals surface area contributed by atoms with Crippen molar-refractivity contribution in [1.29, 1.82) is 0 Å². The van der Waals surface area contributed by atoms with Gasteiger partial charge in [-0.25, -0.2) is 28.3 Å². The highest BCUT2D eigenvalue weighted by molar-refractivity contribution is 8.07. The number of rotatable bonds is 19. The molecular formula is C75H123N10O26P3S. The molecule has 36 nitrogen and oxygen atoms in total. The zero-order valence-corrected chi connectivity index (χ0v) is 74.8. The molecule has 0 amide bonds. The van der Waals surface area contributed by atoms with Crippen molar-refractivity contribution in [3.05, 3.63) is 110 Å². The average Bonchev–Trinajstić information content (AvgIpc) is 1.58. The summed E-state index contributed by atoms with van der Waals surface area (Å²) in [5.74, 6) is 0.304. The van der Waals surface area contributed by atoms with Gasteiger partial charge in [0.2, 0.25) is 0 Å². The van der Waals surface area contributed by atoms with Crippen LogP contribution in [-0.4, -0.2) is 173 Å². The van der Waals surface area contributed by atoms with Crippen LogP contribution in [0.5, 0.6) is 0 Å². The summed E-state index contributed by atoms with van der Waals surface area (Å²) in [6, 6.07) is 0. The summed E-state index contributed by atoms with van der Waals surface area (Å²) >= 11 is 5.29. The fourth-order valence-electron chi connectivity index (χ4n) is 16.2. The van der Waals surface area contributed by atoms with Crippen molar-refractivity contribution < 1.29 is 93.6 Å². The highest BCUT2D eigenvalue weighted by Crippen LogP contribution is 2.62. The van der Waals surface area contributed by atoms with Crippen LogP contribution in [0, 0.1) is 49.4 Å². The number of nitrogens with zero attached hydrogens (tertiary/aromatic N) is 6.